The van der Waals surface area contributed by atoms with Crippen LogP contribution in [-0.4, -0.2) is 13.1 Å². The van der Waals surface area contributed by atoms with Crippen LogP contribution in [0.5, 0.6) is 5.75 Å². The summed E-state index contributed by atoms with van der Waals surface area (Å²) >= 11 is 0. The second-order valence-corrected chi connectivity index (χ2v) is 4.31. The molecule has 0 aliphatic carbocycles. The fourth-order valence-electron chi connectivity index (χ4n) is 1.80. The van der Waals surface area contributed by atoms with Crippen LogP contribution in [-0.2, 0) is 11.3 Å². The molecule has 0 heterocycles. The molecule has 0 bridgehead atoms. The number of carbonyl (C=O) groups is 1. The molecule has 4 nitrogen and oxygen atoms in total. The molecule has 2 N–H and O–H groups in total. The van der Waals surface area contributed by atoms with Crippen LogP contribution in [0.2, 0.25) is 0 Å². The molecule has 0 aliphatic rings. The zero-order valence-corrected chi connectivity index (χ0v) is 11.2. The highest BCUT2D eigenvalue weighted by Crippen LogP contribution is 2.23. The van der Waals surface area contributed by atoms with Crippen LogP contribution in [0.25, 0.3) is 0 Å². The first-order valence-corrected chi connectivity index (χ1v) is 6.05. The van der Waals surface area contributed by atoms with Crippen molar-refractivity contribution in [2.75, 3.05) is 12.8 Å². The van der Waals surface area contributed by atoms with Crippen molar-refractivity contribution in [1.82, 2.24) is 0 Å². The van der Waals surface area contributed by atoms with Crippen molar-refractivity contribution >= 4 is 11.7 Å². The first-order chi connectivity index (χ1) is 9.99. The van der Waals surface area contributed by atoms with Crippen LogP contribution in [0.4, 0.5) is 14.5 Å². The zero-order valence-electron chi connectivity index (χ0n) is 11.2. The molecule has 0 aromatic heterocycles. The Hall–Kier alpha value is -2.63. The molecule has 0 unspecified atom stereocenters. The SMILES string of the molecule is COC(=O)c1cc(N)ccc1OCc1cc(F)cc(F)c1. The van der Waals surface area contributed by atoms with E-state index in [0.717, 1.165) is 18.2 Å². The van der Waals surface area contributed by atoms with Crippen LogP contribution in [0.15, 0.2) is 36.4 Å². The maximum Gasteiger partial charge on any atom is 0.341 e. The fraction of sp³-hybridized carbons (Fsp3) is 0.133. The summed E-state index contributed by atoms with van der Waals surface area (Å²) in [5, 5.41) is 0. The van der Waals surface area contributed by atoms with Gasteiger partial charge in [0.05, 0.1) is 7.11 Å². The predicted molar refractivity (Wildman–Crippen MR) is 72.9 cm³/mol. The Morgan fingerprint density at radius 2 is 1.81 bits per heavy atom. The molecule has 2 aromatic rings. The lowest BCUT2D eigenvalue weighted by Gasteiger charge is -2.11. The van der Waals surface area contributed by atoms with Gasteiger partial charge in [0.1, 0.15) is 29.6 Å². The highest BCUT2D eigenvalue weighted by Gasteiger charge is 2.14. The summed E-state index contributed by atoms with van der Waals surface area (Å²) in [5.74, 6) is -1.78. The molecule has 0 aliphatic heterocycles. The third-order valence-electron chi connectivity index (χ3n) is 2.73. The lowest BCUT2D eigenvalue weighted by molar-refractivity contribution is 0.0595. The molecule has 2 aromatic carbocycles. The topological polar surface area (TPSA) is 61.5 Å². The predicted octanol–water partition coefficient (Wildman–Crippen LogP) is 2.91. The highest BCUT2D eigenvalue weighted by molar-refractivity contribution is 5.93. The van der Waals surface area contributed by atoms with Gasteiger partial charge >= 0.3 is 5.97 Å². The Bertz CT molecular complexity index is 654. The second kappa shape index (κ2) is 6.21. The molecular weight excluding hydrogens is 280 g/mol. The largest absolute Gasteiger partial charge is 0.488 e. The Morgan fingerprint density at radius 1 is 1.14 bits per heavy atom. The van der Waals surface area contributed by atoms with Crippen molar-refractivity contribution in [3.63, 3.8) is 0 Å². The minimum atomic E-state index is -0.695. The van der Waals surface area contributed by atoms with E-state index in [4.69, 9.17) is 10.5 Å². The molecule has 0 spiro atoms. The number of benzene rings is 2. The van der Waals surface area contributed by atoms with E-state index in [-0.39, 0.29) is 17.9 Å². The number of nitrogens with two attached hydrogens (primary N) is 1. The van der Waals surface area contributed by atoms with Crippen LogP contribution in [0.3, 0.4) is 0 Å². The van der Waals surface area contributed by atoms with Gasteiger partial charge in [-0.1, -0.05) is 0 Å². The van der Waals surface area contributed by atoms with Gasteiger partial charge in [-0.15, -0.1) is 0 Å². The van der Waals surface area contributed by atoms with E-state index in [1.54, 1.807) is 6.07 Å². The van der Waals surface area contributed by atoms with Gasteiger partial charge < -0.3 is 15.2 Å². The zero-order chi connectivity index (χ0) is 15.4. The van der Waals surface area contributed by atoms with Crippen LogP contribution >= 0.6 is 0 Å². The average molecular weight is 293 g/mol. The van der Waals surface area contributed by atoms with Crippen molar-refractivity contribution in [2.45, 2.75) is 6.61 Å². The van der Waals surface area contributed by atoms with Gasteiger partial charge in [0, 0.05) is 11.8 Å². The van der Waals surface area contributed by atoms with Crippen molar-refractivity contribution in [3.05, 3.63) is 59.2 Å². The van der Waals surface area contributed by atoms with E-state index in [1.165, 1.54) is 19.2 Å². The molecule has 21 heavy (non-hydrogen) atoms. The van der Waals surface area contributed by atoms with Crippen molar-refractivity contribution in [1.29, 1.82) is 0 Å². The standard InChI is InChI=1S/C15H13F2NO3/c1-20-15(19)13-7-12(18)2-3-14(13)21-8-9-4-10(16)6-11(17)5-9/h2-7H,8,18H2,1H3. The Labute approximate surface area is 120 Å². The van der Waals surface area contributed by atoms with Gasteiger partial charge in [-0.2, -0.15) is 0 Å². The van der Waals surface area contributed by atoms with E-state index in [9.17, 15) is 13.6 Å². The van der Waals surface area contributed by atoms with Gasteiger partial charge in [-0.05, 0) is 35.9 Å². The summed E-state index contributed by atoms with van der Waals surface area (Å²) in [6.07, 6.45) is 0. The monoisotopic (exact) mass is 293 g/mol. The van der Waals surface area contributed by atoms with E-state index in [1.807, 2.05) is 0 Å². The summed E-state index contributed by atoms with van der Waals surface area (Å²) in [7, 11) is 1.23. The van der Waals surface area contributed by atoms with Crippen LogP contribution in [0, 0.1) is 11.6 Å². The third kappa shape index (κ3) is 3.68. The molecule has 0 fully saturated rings. The minimum absolute atomic E-state index is 0.0947. The number of ether oxygens (including phenoxy) is 2. The summed E-state index contributed by atoms with van der Waals surface area (Å²) in [6, 6.07) is 7.53. The summed E-state index contributed by atoms with van der Waals surface area (Å²) < 4.78 is 36.2. The smallest absolute Gasteiger partial charge is 0.341 e. The number of rotatable bonds is 4. The van der Waals surface area contributed by atoms with Crippen molar-refractivity contribution in [3.8, 4) is 5.75 Å². The second-order valence-electron chi connectivity index (χ2n) is 4.31. The first-order valence-electron chi connectivity index (χ1n) is 6.05. The number of hydrogen-bond donors (Lipinski definition) is 1. The lowest BCUT2D eigenvalue weighted by atomic mass is 10.1. The Kier molecular flexibility index (Phi) is 4.37. The molecule has 0 radical (unpaired) electrons. The molecule has 110 valence electrons. The number of halogens is 2. The van der Waals surface area contributed by atoms with Crippen LogP contribution < -0.4 is 10.5 Å². The van der Waals surface area contributed by atoms with E-state index in [0.29, 0.717) is 11.3 Å². The van der Waals surface area contributed by atoms with Crippen molar-refractivity contribution < 1.29 is 23.0 Å². The van der Waals surface area contributed by atoms with E-state index in [2.05, 4.69) is 4.74 Å². The molecule has 0 atom stereocenters. The lowest BCUT2D eigenvalue weighted by Crippen LogP contribution is -2.07. The fourth-order valence-corrected chi connectivity index (χ4v) is 1.80. The molecule has 0 saturated carbocycles. The highest BCUT2D eigenvalue weighted by atomic mass is 19.1. The Balaban J connectivity index is 2.21. The minimum Gasteiger partial charge on any atom is -0.488 e. The number of methoxy groups -OCH3 is 1. The number of esters is 1. The van der Waals surface area contributed by atoms with E-state index >= 15 is 0 Å². The molecule has 2 rings (SSSR count). The molecule has 0 amide bonds. The van der Waals surface area contributed by atoms with E-state index < -0.39 is 17.6 Å². The normalized spacial score (nSPS) is 10.2. The number of anilines is 1. The summed E-state index contributed by atoms with van der Waals surface area (Å²) in [5.41, 5.74) is 6.43. The van der Waals surface area contributed by atoms with Gasteiger partial charge in [0.25, 0.3) is 0 Å². The molecular formula is C15H13F2NO3. The van der Waals surface area contributed by atoms with Crippen LogP contribution in [0.1, 0.15) is 15.9 Å². The summed E-state index contributed by atoms with van der Waals surface area (Å²) in [6.45, 7) is -0.0947. The third-order valence-corrected chi connectivity index (χ3v) is 2.73. The molecule has 0 saturated heterocycles. The number of carbonyl (C=O) groups excluding carboxylic acids is 1. The first kappa shape index (κ1) is 14.8. The quantitative estimate of drug-likeness (QED) is 0.695. The van der Waals surface area contributed by atoms with Crippen molar-refractivity contribution in [2.24, 2.45) is 0 Å². The summed E-state index contributed by atoms with van der Waals surface area (Å²) in [4.78, 5) is 11.6. The maximum absolute atomic E-state index is 13.1. The van der Waals surface area contributed by atoms with Gasteiger partial charge in [-0.25, -0.2) is 13.6 Å². The van der Waals surface area contributed by atoms with Gasteiger partial charge in [0.15, 0.2) is 0 Å². The number of nitrogen functional groups attached to an aromatic ring is 1. The average Bonchev–Trinajstić information content (AvgIpc) is 2.44. The number of hydrogen-bond acceptors (Lipinski definition) is 4. The maximum atomic E-state index is 13.1. The molecule has 6 heteroatoms. The Morgan fingerprint density at radius 3 is 2.43 bits per heavy atom. The van der Waals surface area contributed by atoms with Gasteiger partial charge in [-0.3, -0.25) is 0 Å². The van der Waals surface area contributed by atoms with Gasteiger partial charge in [0.2, 0.25) is 0 Å².